The van der Waals surface area contributed by atoms with Crippen molar-refractivity contribution in [3.8, 4) is 5.75 Å². The van der Waals surface area contributed by atoms with Crippen LogP contribution in [0.5, 0.6) is 5.75 Å². The maximum absolute atomic E-state index is 12.8. The Kier molecular flexibility index (Phi) is 3.71. The fourth-order valence-corrected chi connectivity index (χ4v) is 3.28. The number of carbonyl (C=O) groups is 1. The molecule has 0 spiro atoms. The molecule has 2 aromatic carbocycles. The number of aromatic amines is 1. The molecule has 5 nitrogen and oxygen atoms in total. The molecular formula is C20H21N3O2. The number of H-pyrrole nitrogens is 1. The van der Waals surface area contributed by atoms with E-state index in [1.165, 1.54) is 0 Å². The van der Waals surface area contributed by atoms with Gasteiger partial charge in [0.2, 0.25) is 0 Å². The number of hydrogen-bond acceptors (Lipinski definition) is 3. The molecule has 3 unspecified atom stereocenters. The predicted octanol–water partition coefficient (Wildman–Crippen LogP) is 3.94. The van der Waals surface area contributed by atoms with Crippen LogP contribution in [-0.2, 0) is 0 Å². The lowest BCUT2D eigenvalue weighted by molar-refractivity contribution is 0.0933. The summed E-state index contributed by atoms with van der Waals surface area (Å²) < 4.78 is 5.92. The van der Waals surface area contributed by atoms with Crippen molar-refractivity contribution in [1.82, 2.24) is 15.3 Å². The summed E-state index contributed by atoms with van der Waals surface area (Å²) in [6.07, 6.45) is 0.0803. The van der Waals surface area contributed by atoms with Gasteiger partial charge in [0, 0.05) is 11.5 Å². The van der Waals surface area contributed by atoms with Gasteiger partial charge in [-0.25, -0.2) is 4.98 Å². The van der Waals surface area contributed by atoms with E-state index in [1.54, 1.807) is 0 Å². The number of hydrogen-bond donors (Lipinski definition) is 2. The number of nitrogens with zero attached hydrogens (tertiary/aromatic N) is 1. The monoisotopic (exact) mass is 335 g/mol. The molecule has 1 amide bonds. The Bertz CT molecular complexity index is 914. The highest BCUT2D eigenvalue weighted by atomic mass is 16.5. The summed E-state index contributed by atoms with van der Waals surface area (Å²) >= 11 is 0. The number of fused-ring (bicyclic) bond motifs is 2. The molecule has 2 heterocycles. The highest BCUT2D eigenvalue weighted by molar-refractivity contribution is 5.97. The summed E-state index contributed by atoms with van der Waals surface area (Å²) in [5.41, 5.74) is 3.53. The summed E-state index contributed by atoms with van der Waals surface area (Å²) in [6, 6.07) is 13.4. The van der Waals surface area contributed by atoms with Crippen LogP contribution in [0.25, 0.3) is 11.0 Å². The van der Waals surface area contributed by atoms with Crippen LogP contribution in [0, 0.1) is 0 Å². The topological polar surface area (TPSA) is 67.0 Å². The first kappa shape index (κ1) is 15.7. The molecule has 3 atom stereocenters. The molecular weight excluding hydrogens is 314 g/mol. The minimum atomic E-state index is -0.230. The van der Waals surface area contributed by atoms with Gasteiger partial charge in [-0.05, 0) is 32.0 Å². The minimum Gasteiger partial charge on any atom is -0.489 e. The zero-order chi connectivity index (χ0) is 17.6. The Morgan fingerprint density at radius 2 is 2.00 bits per heavy atom. The SMILES string of the molecule is CC(NC(=O)c1cccc2c1OC(C)C2C)c1nc2ccccc2[nH]1. The van der Waals surface area contributed by atoms with Crippen LogP contribution in [0.1, 0.15) is 54.5 Å². The van der Waals surface area contributed by atoms with Crippen molar-refractivity contribution in [2.24, 2.45) is 0 Å². The lowest BCUT2D eigenvalue weighted by atomic mass is 9.97. The van der Waals surface area contributed by atoms with Crippen LogP contribution in [0.3, 0.4) is 0 Å². The van der Waals surface area contributed by atoms with E-state index in [1.807, 2.05) is 56.3 Å². The van der Waals surface area contributed by atoms with Crippen molar-refractivity contribution in [3.05, 3.63) is 59.4 Å². The minimum absolute atomic E-state index is 0.0803. The highest BCUT2D eigenvalue weighted by Crippen LogP contribution is 2.40. The Morgan fingerprint density at radius 1 is 1.20 bits per heavy atom. The van der Waals surface area contributed by atoms with Crippen LogP contribution in [0.15, 0.2) is 42.5 Å². The molecule has 1 aromatic heterocycles. The van der Waals surface area contributed by atoms with Crippen molar-refractivity contribution in [2.45, 2.75) is 38.8 Å². The van der Waals surface area contributed by atoms with Crippen molar-refractivity contribution < 1.29 is 9.53 Å². The van der Waals surface area contributed by atoms with Crippen molar-refractivity contribution in [1.29, 1.82) is 0 Å². The third kappa shape index (κ3) is 2.65. The normalized spacial score (nSPS) is 20.1. The first-order chi connectivity index (χ1) is 12.0. The molecule has 0 saturated heterocycles. The first-order valence-corrected chi connectivity index (χ1v) is 8.59. The fourth-order valence-electron chi connectivity index (χ4n) is 3.28. The lowest BCUT2D eigenvalue weighted by Crippen LogP contribution is -2.27. The second kappa shape index (κ2) is 5.92. The van der Waals surface area contributed by atoms with E-state index in [0.717, 1.165) is 22.4 Å². The number of rotatable bonds is 3. The number of carbonyl (C=O) groups excluding carboxylic acids is 1. The van der Waals surface area contributed by atoms with Gasteiger partial charge in [-0.3, -0.25) is 4.79 Å². The lowest BCUT2D eigenvalue weighted by Gasteiger charge is -2.13. The largest absolute Gasteiger partial charge is 0.489 e. The molecule has 4 rings (SSSR count). The van der Waals surface area contributed by atoms with Crippen molar-refractivity contribution in [3.63, 3.8) is 0 Å². The summed E-state index contributed by atoms with van der Waals surface area (Å²) in [5, 5.41) is 3.02. The molecule has 3 aromatic rings. The van der Waals surface area contributed by atoms with Gasteiger partial charge in [-0.15, -0.1) is 0 Å². The molecule has 0 saturated carbocycles. The van der Waals surface area contributed by atoms with E-state index in [2.05, 4.69) is 22.2 Å². The van der Waals surface area contributed by atoms with E-state index >= 15 is 0 Å². The molecule has 5 heteroatoms. The zero-order valence-corrected chi connectivity index (χ0v) is 14.5. The van der Waals surface area contributed by atoms with Gasteiger partial charge in [0.15, 0.2) is 0 Å². The fraction of sp³-hybridized carbons (Fsp3) is 0.300. The van der Waals surface area contributed by atoms with E-state index in [4.69, 9.17) is 4.74 Å². The van der Waals surface area contributed by atoms with Crippen molar-refractivity contribution >= 4 is 16.9 Å². The van der Waals surface area contributed by atoms with Gasteiger partial charge in [0.25, 0.3) is 5.91 Å². The van der Waals surface area contributed by atoms with Crippen LogP contribution in [0.4, 0.5) is 0 Å². The Labute approximate surface area is 146 Å². The van der Waals surface area contributed by atoms with Gasteiger partial charge in [0.05, 0.1) is 22.6 Å². The number of benzene rings is 2. The molecule has 25 heavy (non-hydrogen) atoms. The van der Waals surface area contributed by atoms with Gasteiger partial charge in [-0.1, -0.05) is 31.2 Å². The number of amides is 1. The van der Waals surface area contributed by atoms with Gasteiger partial charge < -0.3 is 15.0 Å². The Morgan fingerprint density at radius 3 is 2.80 bits per heavy atom. The summed E-state index contributed by atoms with van der Waals surface area (Å²) in [7, 11) is 0. The third-order valence-electron chi connectivity index (χ3n) is 4.95. The smallest absolute Gasteiger partial charge is 0.255 e. The summed E-state index contributed by atoms with van der Waals surface area (Å²) in [5.74, 6) is 1.59. The predicted molar refractivity (Wildman–Crippen MR) is 96.9 cm³/mol. The second-order valence-electron chi connectivity index (χ2n) is 6.67. The highest BCUT2D eigenvalue weighted by Gasteiger charge is 2.31. The van der Waals surface area contributed by atoms with Crippen molar-refractivity contribution in [2.75, 3.05) is 0 Å². The number of imidazole rings is 1. The molecule has 0 radical (unpaired) electrons. The quantitative estimate of drug-likeness (QED) is 0.762. The Hall–Kier alpha value is -2.82. The number of nitrogens with one attached hydrogen (secondary N) is 2. The van der Waals surface area contributed by atoms with Crippen LogP contribution >= 0.6 is 0 Å². The van der Waals surface area contributed by atoms with Gasteiger partial charge >= 0.3 is 0 Å². The molecule has 1 aliphatic heterocycles. The zero-order valence-electron chi connectivity index (χ0n) is 14.5. The first-order valence-electron chi connectivity index (χ1n) is 8.59. The van der Waals surface area contributed by atoms with E-state index in [-0.39, 0.29) is 24.0 Å². The molecule has 2 N–H and O–H groups in total. The molecule has 128 valence electrons. The third-order valence-corrected chi connectivity index (χ3v) is 4.95. The molecule has 0 fully saturated rings. The van der Waals surface area contributed by atoms with Crippen LogP contribution in [0.2, 0.25) is 0 Å². The number of ether oxygens (including phenoxy) is 1. The van der Waals surface area contributed by atoms with Crippen LogP contribution < -0.4 is 10.1 Å². The molecule has 0 aliphatic carbocycles. The Balaban J connectivity index is 1.58. The van der Waals surface area contributed by atoms with E-state index in [9.17, 15) is 4.79 Å². The molecule has 1 aliphatic rings. The average molecular weight is 335 g/mol. The maximum atomic E-state index is 12.8. The van der Waals surface area contributed by atoms with E-state index in [0.29, 0.717) is 11.3 Å². The standard InChI is InChI=1S/C20H21N3O2/c1-11-13(3)25-18-14(11)7-6-8-15(18)20(24)21-12(2)19-22-16-9-4-5-10-17(16)23-19/h4-13H,1-3H3,(H,21,24)(H,22,23). The van der Waals surface area contributed by atoms with E-state index < -0.39 is 0 Å². The molecule has 0 bridgehead atoms. The summed E-state index contributed by atoms with van der Waals surface area (Å²) in [6.45, 7) is 6.07. The van der Waals surface area contributed by atoms with Crippen LogP contribution in [-0.4, -0.2) is 22.0 Å². The number of para-hydroxylation sites is 3. The second-order valence-corrected chi connectivity index (χ2v) is 6.67. The van der Waals surface area contributed by atoms with Gasteiger partial charge in [-0.2, -0.15) is 0 Å². The van der Waals surface area contributed by atoms with Gasteiger partial charge in [0.1, 0.15) is 17.7 Å². The maximum Gasteiger partial charge on any atom is 0.255 e. The number of aromatic nitrogens is 2. The summed E-state index contributed by atoms with van der Waals surface area (Å²) in [4.78, 5) is 20.6. The average Bonchev–Trinajstić information content (AvgIpc) is 3.16.